The number of benzene rings is 2. The number of rotatable bonds is 5. The Balaban J connectivity index is 1.75. The number of halogens is 1. The van der Waals surface area contributed by atoms with Gasteiger partial charge in [0.15, 0.2) is 0 Å². The van der Waals surface area contributed by atoms with Gasteiger partial charge in [-0.15, -0.1) is 0 Å². The highest BCUT2D eigenvalue weighted by molar-refractivity contribution is 6.30. The molecule has 0 bridgehead atoms. The van der Waals surface area contributed by atoms with Crippen LogP contribution in [0.15, 0.2) is 42.5 Å². The van der Waals surface area contributed by atoms with Crippen LogP contribution in [0.1, 0.15) is 43.0 Å². The van der Waals surface area contributed by atoms with Crippen molar-refractivity contribution in [1.29, 1.82) is 0 Å². The summed E-state index contributed by atoms with van der Waals surface area (Å²) >= 11 is 5.95. The topological polar surface area (TPSA) is 50.8 Å². The molecule has 1 saturated heterocycles. The standard InChI is InChI=1S/C21H25ClN2O3/c1-14(15-6-8-16(22)9-7-15)23-21(25)24-12-4-5-19(24)18-11-10-17(26-2)13-20(18)27-3/h6-11,13-14,19H,4-5,12H2,1-3H3,(H,23,25). The minimum Gasteiger partial charge on any atom is -0.497 e. The van der Waals surface area contributed by atoms with E-state index >= 15 is 0 Å². The largest absolute Gasteiger partial charge is 0.497 e. The highest BCUT2D eigenvalue weighted by Gasteiger charge is 2.32. The van der Waals surface area contributed by atoms with E-state index in [1.165, 1.54) is 0 Å². The van der Waals surface area contributed by atoms with Crippen molar-refractivity contribution < 1.29 is 14.3 Å². The van der Waals surface area contributed by atoms with Crippen molar-refractivity contribution in [2.45, 2.75) is 31.8 Å². The fourth-order valence-corrected chi connectivity index (χ4v) is 3.66. The fourth-order valence-electron chi connectivity index (χ4n) is 3.53. The fraction of sp³-hybridized carbons (Fsp3) is 0.381. The third kappa shape index (κ3) is 4.30. The molecule has 2 aromatic rings. The maximum atomic E-state index is 12.9. The van der Waals surface area contributed by atoms with E-state index in [4.69, 9.17) is 21.1 Å². The average molecular weight is 389 g/mol. The number of nitrogens with one attached hydrogen (secondary N) is 1. The van der Waals surface area contributed by atoms with Crippen molar-refractivity contribution in [3.8, 4) is 11.5 Å². The quantitative estimate of drug-likeness (QED) is 0.787. The number of hydrogen-bond acceptors (Lipinski definition) is 3. The van der Waals surface area contributed by atoms with E-state index in [9.17, 15) is 4.79 Å². The van der Waals surface area contributed by atoms with Crippen LogP contribution < -0.4 is 14.8 Å². The Morgan fingerprint density at radius 3 is 2.59 bits per heavy atom. The summed E-state index contributed by atoms with van der Waals surface area (Å²) in [6, 6.07) is 13.1. The van der Waals surface area contributed by atoms with E-state index in [0.29, 0.717) is 5.02 Å². The Morgan fingerprint density at radius 2 is 1.93 bits per heavy atom. The third-order valence-corrected chi connectivity index (χ3v) is 5.28. The molecular formula is C21H25ClN2O3. The van der Waals surface area contributed by atoms with E-state index < -0.39 is 0 Å². The van der Waals surface area contributed by atoms with E-state index in [0.717, 1.165) is 42.0 Å². The molecule has 0 aromatic heterocycles. The number of methoxy groups -OCH3 is 2. The Hall–Kier alpha value is -2.40. The summed E-state index contributed by atoms with van der Waals surface area (Å²) in [4.78, 5) is 14.8. The third-order valence-electron chi connectivity index (χ3n) is 5.02. The lowest BCUT2D eigenvalue weighted by Crippen LogP contribution is -2.40. The minimum atomic E-state index is -0.103. The number of ether oxygens (including phenoxy) is 2. The van der Waals surface area contributed by atoms with Crippen LogP contribution in [0.25, 0.3) is 0 Å². The first-order valence-corrected chi connectivity index (χ1v) is 9.45. The van der Waals surface area contributed by atoms with Crippen LogP contribution in [0.5, 0.6) is 11.5 Å². The first kappa shape index (κ1) is 19.4. The predicted octanol–water partition coefficient (Wildman–Crippen LogP) is 4.96. The first-order valence-electron chi connectivity index (χ1n) is 9.08. The molecule has 1 heterocycles. The van der Waals surface area contributed by atoms with Crippen LogP contribution in [-0.2, 0) is 0 Å². The molecule has 5 nitrogen and oxygen atoms in total. The van der Waals surface area contributed by atoms with Gasteiger partial charge >= 0.3 is 6.03 Å². The Morgan fingerprint density at radius 1 is 1.19 bits per heavy atom. The van der Waals surface area contributed by atoms with Crippen molar-refractivity contribution in [3.63, 3.8) is 0 Å². The molecule has 1 fully saturated rings. The van der Waals surface area contributed by atoms with Gasteiger partial charge < -0.3 is 19.7 Å². The molecule has 6 heteroatoms. The van der Waals surface area contributed by atoms with Crippen LogP contribution in [0.4, 0.5) is 4.79 Å². The summed E-state index contributed by atoms with van der Waals surface area (Å²) < 4.78 is 10.8. The second kappa shape index (κ2) is 8.53. The van der Waals surface area contributed by atoms with Crippen LogP contribution >= 0.6 is 11.6 Å². The first-order chi connectivity index (χ1) is 13.0. The molecule has 0 radical (unpaired) electrons. The van der Waals surface area contributed by atoms with Gasteiger partial charge in [-0.1, -0.05) is 23.7 Å². The predicted molar refractivity (Wildman–Crippen MR) is 107 cm³/mol. The monoisotopic (exact) mass is 388 g/mol. The highest BCUT2D eigenvalue weighted by Crippen LogP contribution is 2.38. The second-order valence-electron chi connectivity index (χ2n) is 6.68. The lowest BCUT2D eigenvalue weighted by Gasteiger charge is -2.28. The SMILES string of the molecule is COc1ccc(C2CCCN2C(=O)NC(C)c2ccc(Cl)cc2)c(OC)c1. The Labute approximate surface area is 165 Å². The van der Waals surface area contributed by atoms with Gasteiger partial charge in [0.25, 0.3) is 0 Å². The molecule has 144 valence electrons. The normalized spacial score (nSPS) is 17.5. The van der Waals surface area contributed by atoms with Gasteiger partial charge in [-0.05, 0) is 49.6 Å². The molecule has 2 unspecified atom stereocenters. The Bertz CT molecular complexity index is 795. The summed E-state index contributed by atoms with van der Waals surface area (Å²) in [5.74, 6) is 1.48. The van der Waals surface area contributed by atoms with Gasteiger partial charge in [-0.3, -0.25) is 0 Å². The van der Waals surface area contributed by atoms with Crippen molar-refractivity contribution in [3.05, 3.63) is 58.6 Å². The van der Waals surface area contributed by atoms with Gasteiger partial charge in [0.2, 0.25) is 0 Å². The van der Waals surface area contributed by atoms with E-state index in [1.807, 2.05) is 54.3 Å². The number of carbonyl (C=O) groups excluding carboxylic acids is 1. The summed E-state index contributed by atoms with van der Waals surface area (Å²) in [6.45, 7) is 2.69. The minimum absolute atomic E-state index is 0.0109. The van der Waals surface area contributed by atoms with Gasteiger partial charge in [-0.2, -0.15) is 0 Å². The zero-order valence-corrected chi connectivity index (χ0v) is 16.6. The number of carbonyl (C=O) groups is 1. The molecule has 0 spiro atoms. The van der Waals surface area contributed by atoms with Crippen molar-refractivity contribution in [2.24, 2.45) is 0 Å². The van der Waals surface area contributed by atoms with Gasteiger partial charge in [-0.25, -0.2) is 4.79 Å². The summed E-state index contributed by atoms with van der Waals surface area (Å²) in [5, 5.41) is 3.78. The number of amides is 2. The molecule has 27 heavy (non-hydrogen) atoms. The molecule has 1 aliphatic heterocycles. The molecule has 2 amide bonds. The lowest BCUT2D eigenvalue weighted by atomic mass is 10.0. The van der Waals surface area contributed by atoms with Crippen molar-refractivity contribution >= 4 is 17.6 Å². The van der Waals surface area contributed by atoms with E-state index in [-0.39, 0.29) is 18.1 Å². The highest BCUT2D eigenvalue weighted by atomic mass is 35.5. The van der Waals surface area contributed by atoms with E-state index in [2.05, 4.69) is 5.32 Å². The maximum absolute atomic E-state index is 12.9. The number of likely N-dealkylation sites (tertiary alicyclic amines) is 1. The van der Waals surface area contributed by atoms with Crippen LogP contribution in [0, 0.1) is 0 Å². The molecule has 0 saturated carbocycles. The number of nitrogens with zero attached hydrogens (tertiary/aromatic N) is 1. The summed E-state index contributed by atoms with van der Waals surface area (Å²) in [7, 11) is 3.27. The van der Waals surface area contributed by atoms with Gasteiger partial charge in [0.05, 0.1) is 26.3 Å². The molecule has 2 atom stereocenters. The molecule has 0 aliphatic carbocycles. The summed E-state index contributed by atoms with van der Waals surface area (Å²) in [6.07, 6.45) is 1.87. The average Bonchev–Trinajstić information content (AvgIpc) is 3.17. The van der Waals surface area contributed by atoms with E-state index in [1.54, 1.807) is 14.2 Å². The van der Waals surface area contributed by atoms with Crippen LogP contribution in [-0.4, -0.2) is 31.7 Å². The zero-order valence-electron chi connectivity index (χ0n) is 15.9. The number of urea groups is 1. The Kier molecular flexibility index (Phi) is 6.11. The molecule has 1 N–H and O–H groups in total. The molecular weight excluding hydrogens is 364 g/mol. The maximum Gasteiger partial charge on any atom is 0.318 e. The van der Waals surface area contributed by atoms with Crippen molar-refractivity contribution in [1.82, 2.24) is 10.2 Å². The van der Waals surface area contributed by atoms with Crippen molar-refractivity contribution in [2.75, 3.05) is 20.8 Å². The number of hydrogen-bond donors (Lipinski definition) is 1. The smallest absolute Gasteiger partial charge is 0.318 e. The molecule has 1 aliphatic rings. The molecule has 3 rings (SSSR count). The van der Waals surface area contributed by atoms with Crippen LogP contribution in [0.3, 0.4) is 0 Å². The summed E-state index contributed by atoms with van der Waals surface area (Å²) in [5.41, 5.74) is 2.02. The second-order valence-corrected chi connectivity index (χ2v) is 7.12. The zero-order chi connectivity index (χ0) is 19.4. The van der Waals surface area contributed by atoms with Gasteiger partial charge in [0.1, 0.15) is 11.5 Å². The van der Waals surface area contributed by atoms with Gasteiger partial charge in [0, 0.05) is 23.2 Å². The molecule has 2 aromatic carbocycles. The lowest BCUT2D eigenvalue weighted by molar-refractivity contribution is 0.189. The van der Waals surface area contributed by atoms with Crippen LogP contribution in [0.2, 0.25) is 5.02 Å².